The molecular formula is C20H20N4O2S. The van der Waals surface area contributed by atoms with Crippen LogP contribution in [-0.4, -0.2) is 33.9 Å². The normalized spacial score (nSPS) is 16.5. The lowest BCUT2D eigenvalue weighted by molar-refractivity contribution is 0.193. The zero-order valence-electron chi connectivity index (χ0n) is 15.0. The number of carbonyl (C=O) groups is 1. The molecule has 1 atom stereocenters. The van der Waals surface area contributed by atoms with Gasteiger partial charge in [-0.15, -0.1) is 11.8 Å². The number of aromatic nitrogens is 2. The molecule has 27 heavy (non-hydrogen) atoms. The fourth-order valence-electron chi connectivity index (χ4n) is 3.24. The second-order valence-corrected chi connectivity index (χ2v) is 7.22. The number of nitrogens with zero attached hydrogens (tertiary/aromatic N) is 3. The Morgan fingerprint density at radius 3 is 2.89 bits per heavy atom. The average molecular weight is 380 g/mol. The molecule has 7 heteroatoms. The summed E-state index contributed by atoms with van der Waals surface area (Å²) in [5.74, 6) is 1.03. The quantitative estimate of drug-likeness (QED) is 0.657. The molecule has 1 aromatic heterocycles. The first-order chi connectivity index (χ1) is 13.2. The summed E-state index contributed by atoms with van der Waals surface area (Å²) < 4.78 is 5.48. The zero-order chi connectivity index (χ0) is 18.6. The van der Waals surface area contributed by atoms with Crippen LogP contribution in [0.3, 0.4) is 0 Å². The molecule has 0 aliphatic carbocycles. The summed E-state index contributed by atoms with van der Waals surface area (Å²) in [4.78, 5) is 20.2. The number of benzene rings is 2. The van der Waals surface area contributed by atoms with E-state index >= 15 is 0 Å². The summed E-state index contributed by atoms with van der Waals surface area (Å²) in [7, 11) is 0. The van der Waals surface area contributed by atoms with Crippen LogP contribution in [0, 0.1) is 0 Å². The molecule has 0 bridgehead atoms. The lowest BCUT2D eigenvalue weighted by Crippen LogP contribution is -2.34. The van der Waals surface area contributed by atoms with E-state index in [0.717, 1.165) is 29.0 Å². The number of rotatable bonds is 4. The molecule has 2 amide bonds. The Bertz CT molecular complexity index is 928. The van der Waals surface area contributed by atoms with Crippen LogP contribution in [0.2, 0.25) is 0 Å². The maximum Gasteiger partial charge on any atom is 0.322 e. The molecule has 1 unspecified atom stereocenters. The van der Waals surface area contributed by atoms with E-state index in [1.807, 2.05) is 60.9 Å². The summed E-state index contributed by atoms with van der Waals surface area (Å²) in [5, 5.41) is 7.06. The highest BCUT2D eigenvalue weighted by Gasteiger charge is 2.34. The molecule has 1 N–H and O–H groups in total. The average Bonchev–Trinajstić information content (AvgIpc) is 3.38. The van der Waals surface area contributed by atoms with Crippen molar-refractivity contribution < 1.29 is 9.32 Å². The number of urea groups is 1. The number of anilines is 1. The van der Waals surface area contributed by atoms with Crippen molar-refractivity contribution in [1.82, 2.24) is 15.0 Å². The second-order valence-electron chi connectivity index (χ2n) is 6.34. The number of amides is 2. The maximum atomic E-state index is 12.8. The molecule has 1 fully saturated rings. The highest BCUT2D eigenvalue weighted by Crippen LogP contribution is 2.32. The van der Waals surface area contributed by atoms with Crippen molar-refractivity contribution >= 4 is 23.5 Å². The van der Waals surface area contributed by atoms with Gasteiger partial charge in [0.25, 0.3) is 0 Å². The summed E-state index contributed by atoms with van der Waals surface area (Å²) in [6.45, 7) is 0.668. The SMILES string of the molecule is CSc1cccc(NC(=O)N2CCCC2c2nc(-c3ccccc3)no2)c1. The van der Waals surface area contributed by atoms with E-state index in [1.54, 1.807) is 16.7 Å². The predicted octanol–water partition coefficient (Wildman–Crippen LogP) is 4.83. The Kier molecular flexibility index (Phi) is 5.11. The van der Waals surface area contributed by atoms with Gasteiger partial charge in [0.15, 0.2) is 0 Å². The van der Waals surface area contributed by atoms with Gasteiger partial charge in [0.05, 0.1) is 0 Å². The van der Waals surface area contributed by atoms with E-state index < -0.39 is 0 Å². The Labute approximate surface area is 162 Å². The van der Waals surface area contributed by atoms with E-state index in [1.165, 1.54) is 0 Å². The van der Waals surface area contributed by atoms with Gasteiger partial charge in [-0.3, -0.25) is 0 Å². The van der Waals surface area contributed by atoms with E-state index in [4.69, 9.17) is 4.52 Å². The first-order valence-electron chi connectivity index (χ1n) is 8.85. The molecule has 6 nitrogen and oxygen atoms in total. The van der Waals surface area contributed by atoms with Crippen LogP contribution in [0.25, 0.3) is 11.4 Å². The minimum atomic E-state index is -0.196. The molecule has 1 aliphatic rings. The van der Waals surface area contributed by atoms with Gasteiger partial charge in [0.2, 0.25) is 11.7 Å². The number of nitrogens with one attached hydrogen (secondary N) is 1. The molecule has 0 radical (unpaired) electrons. The van der Waals surface area contributed by atoms with Crippen molar-refractivity contribution in [3.05, 3.63) is 60.5 Å². The van der Waals surface area contributed by atoms with Crippen molar-refractivity contribution in [2.24, 2.45) is 0 Å². The van der Waals surface area contributed by atoms with Crippen LogP contribution in [0.1, 0.15) is 24.8 Å². The van der Waals surface area contributed by atoms with Crippen molar-refractivity contribution in [3.63, 3.8) is 0 Å². The second kappa shape index (κ2) is 7.84. The standard InChI is InChI=1S/C20H20N4O2S/c1-27-16-10-5-9-15(13-16)21-20(25)24-12-6-11-17(24)19-22-18(23-26-19)14-7-3-2-4-8-14/h2-5,7-10,13,17H,6,11-12H2,1H3,(H,21,25). The molecule has 3 aromatic rings. The molecule has 2 heterocycles. The first kappa shape index (κ1) is 17.6. The van der Waals surface area contributed by atoms with Crippen LogP contribution in [0.15, 0.2) is 64.0 Å². The predicted molar refractivity (Wildman–Crippen MR) is 106 cm³/mol. The minimum Gasteiger partial charge on any atom is -0.337 e. The third kappa shape index (κ3) is 3.83. The molecule has 4 rings (SSSR count). The molecule has 0 saturated carbocycles. The molecule has 138 valence electrons. The van der Waals surface area contributed by atoms with Crippen molar-refractivity contribution in [1.29, 1.82) is 0 Å². The Hall–Kier alpha value is -2.80. The summed E-state index contributed by atoms with van der Waals surface area (Å²) >= 11 is 1.64. The Balaban J connectivity index is 1.50. The number of likely N-dealkylation sites (tertiary alicyclic amines) is 1. The van der Waals surface area contributed by atoms with Crippen LogP contribution < -0.4 is 5.32 Å². The first-order valence-corrected chi connectivity index (χ1v) is 10.1. The maximum absolute atomic E-state index is 12.8. The number of carbonyl (C=O) groups excluding carboxylic acids is 1. The summed E-state index contributed by atoms with van der Waals surface area (Å²) in [6.07, 6.45) is 3.73. The van der Waals surface area contributed by atoms with E-state index in [9.17, 15) is 4.79 Å². The van der Waals surface area contributed by atoms with Gasteiger partial charge >= 0.3 is 6.03 Å². The lowest BCUT2D eigenvalue weighted by atomic mass is 10.2. The van der Waals surface area contributed by atoms with Gasteiger partial charge in [0, 0.05) is 22.7 Å². The van der Waals surface area contributed by atoms with Crippen LogP contribution in [0.5, 0.6) is 0 Å². The molecule has 1 aliphatic heterocycles. The van der Waals surface area contributed by atoms with E-state index in [2.05, 4.69) is 15.5 Å². The number of thioether (sulfide) groups is 1. The molecule has 0 spiro atoms. The fourth-order valence-corrected chi connectivity index (χ4v) is 3.70. The van der Waals surface area contributed by atoms with Crippen LogP contribution in [-0.2, 0) is 0 Å². The van der Waals surface area contributed by atoms with Crippen LogP contribution in [0.4, 0.5) is 10.5 Å². The highest BCUT2D eigenvalue weighted by molar-refractivity contribution is 7.98. The van der Waals surface area contributed by atoms with Gasteiger partial charge in [-0.1, -0.05) is 41.6 Å². The largest absolute Gasteiger partial charge is 0.337 e. The van der Waals surface area contributed by atoms with Gasteiger partial charge in [-0.25, -0.2) is 4.79 Å². The molecular weight excluding hydrogens is 360 g/mol. The summed E-state index contributed by atoms with van der Waals surface area (Å²) in [5.41, 5.74) is 1.68. The van der Waals surface area contributed by atoms with Gasteiger partial charge in [-0.05, 0) is 37.3 Å². The Morgan fingerprint density at radius 1 is 1.22 bits per heavy atom. The third-order valence-corrected chi connectivity index (χ3v) is 5.32. The number of hydrogen-bond acceptors (Lipinski definition) is 5. The van der Waals surface area contributed by atoms with Crippen molar-refractivity contribution in [3.8, 4) is 11.4 Å². The lowest BCUT2D eigenvalue weighted by Gasteiger charge is -2.22. The highest BCUT2D eigenvalue weighted by atomic mass is 32.2. The van der Waals surface area contributed by atoms with E-state index in [-0.39, 0.29) is 12.1 Å². The summed E-state index contributed by atoms with van der Waals surface area (Å²) in [6, 6.07) is 17.2. The minimum absolute atomic E-state index is 0.143. The van der Waals surface area contributed by atoms with Gasteiger partial charge in [-0.2, -0.15) is 4.98 Å². The van der Waals surface area contributed by atoms with Crippen molar-refractivity contribution in [2.75, 3.05) is 18.1 Å². The smallest absolute Gasteiger partial charge is 0.322 e. The van der Waals surface area contributed by atoms with Gasteiger partial charge < -0.3 is 14.7 Å². The molecule has 2 aromatic carbocycles. The monoisotopic (exact) mass is 380 g/mol. The third-order valence-electron chi connectivity index (χ3n) is 4.59. The van der Waals surface area contributed by atoms with Gasteiger partial charge in [0.1, 0.15) is 6.04 Å². The molecule has 1 saturated heterocycles. The van der Waals surface area contributed by atoms with Crippen molar-refractivity contribution in [2.45, 2.75) is 23.8 Å². The van der Waals surface area contributed by atoms with Crippen LogP contribution >= 0.6 is 11.8 Å². The topological polar surface area (TPSA) is 71.3 Å². The Morgan fingerprint density at radius 2 is 2.07 bits per heavy atom. The zero-order valence-corrected chi connectivity index (χ0v) is 15.8. The fraction of sp³-hybridized carbons (Fsp3) is 0.250. The van der Waals surface area contributed by atoms with E-state index in [0.29, 0.717) is 18.3 Å². The number of hydrogen-bond donors (Lipinski definition) is 1.